The number of nitrogens with zero attached hydrogens (tertiary/aromatic N) is 2. The first kappa shape index (κ1) is 14.4. The molecule has 1 aromatic carbocycles. The molecule has 0 fully saturated rings. The minimum absolute atomic E-state index is 0.0855. The monoisotopic (exact) mass is 275 g/mol. The number of nitrogens with one attached hydrogen (secondary N) is 1. The van der Waals surface area contributed by atoms with Crippen LogP contribution in [0.3, 0.4) is 0 Å². The molecule has 0 bridgehead atoms. The smallest absolute Gasteiger partial charge is 0.240 e. The molecule has 1 atom stereocenters. The molecule has 1 heterocycles. The molecule has 0 amide bonds. The minimum Gasteiger partial charge on any atom is -0.479 e. The summed E-state index contributed by atoms with van der Waals surface area (Å²) in [5, 5.41) is 3.32. The molecule has 5 heteroatoms. The third-order valence-corrected chi connectivity index (χ3v) is 3.11. The van der Waals surface area contributed by atoms with Crippen LogP contribution >= 0.6 is 0 Å². The van der Waals surface area contributed by atoms with Gasteiger partial charge in [0.2, 0.25) is 5.88 Å². The van der Waals surface area contributed by atoms with Gasteiger partial charge in [0.1, 0.15) is 11.5 Å². The van der Waals surface area contributed by atoms with Crippen LogP contribution in [-0.2, 0) is 0 Å². The summed E-state index contributed by atoms with van der Waals surface area (Å²) in [5.74, 6) is 0.0863. The molecule has 0 saturated carbocycles. The van der Waals surface area contributed by atoms with Gasteiger partial charge in [0, 0.05) is 24.0 Å². The van der Waals surface area contributed by atoms with Gasteiger partial charge in [-0.25, -0.2) is 14.4 Å². The first-order valence-electron chi connectivity index (χ1n) is 6.55. The largest absolute Gasteiger partial charge is 0.479 e. The molecule has 20 heavy (non-hydrogen) atoms. The molecule has 0 aliphatic rings. The Labute approximate surface area is 118 Å². The lowest BCUT2D eigenvalue weighted by Gasteiger charge is -2.17. The highest BCUT2D eigenvalue weighted by Crippen LogP contribution is 2.32. The van der Waals surface area contributed by atoms with Crippen LogP contribution in [0.5, 0.6) is 5.88 Å². The number of rotatable bonds is 5. The predicted octanol–water partition coefficient (Wildman–Crippen LogP) is 2.96. The summed E-state index contributed by atoms with van der Waals surface area (Å²) in [6.45, 7) is 4.89. The second kappa shape index (κ2) is 6.43. The lowest BCUT2D eigenvalue weighted by Crippen LogP contribution is -2.18. The zero-order valence-electron chi connectivity index (χ0n) is 11.9. The van der Waals surface area contributed by atoms with Crippen molar-refractivity contribution < 1.29 is 9.13 Å². The molecule has 0 radical (unpaired) electrons. The average Bonchev–Trinajstić information content (AvgIpc) is 2.47. The van der Waals surface area contributed by atoms with Crippen molar-refractivity contribution in [3.63, 3.8) is 0 Å². The molecule has 1 N–H and O–H groups in total. The van der Waals surface area contributed by atoms with Gasteiger partial charge in [0.25, 0.3) is 0 Å². The van der Waals surface area contributed by atoms with E-state index in [0.29, 0.717) is 17.1 Å². The minimum atomic E-state index is -0.305. The van der Waals surface area contributed by atoms with Crippen LogP contribution in [0.2, 0.25) is 0 Å². The third kappa shape index (κ3) is 2.93. The summed E-state index contributed by atoms with van der Waals surface area (Å²) in [5.41, 5.74) is 2.21. The fourth-order valence-corrected chi connectivity index (χ4v) is 2.19. The van der Waals surface area contributed by atoms with Crippen molar-refractivity contribution in [3.8, 4) is 17.1 Å². The number of hydrogen-bond donors (Lipinski definition) is 1. The van der Waals surface area contributed by atoms with Crippen LogP contribution in [-0.4, -0.2) is 23.6 Å². The number of hydrogen-bond acceptors (Lipinski definition) is 4. The Hall–Kier alpha value is -2.01. The maximum absolute atomic E-state index is 13.6. The van der Waals surface area contributed by atoms with Gasteiger partial charge in [0.05, 0.1) is 7.11 Å². The molecule has 2 rings (SSSR count). The molecule has 2 aromatic rings. The Bertz CT molecular complexity index is 589. The standard InChI is InChI=1S/C15H18FN3O/c1-4-17-10(2)12-6-5-11(16)9-13(12)14-15(20-3)19-8-7-18-14/h5-10,17H,4H2,1-3H3. The molecule has 1 aromatic heterocycles. The summed E-state index contributed by atoms with van der Waals surface area (Å²) in [4.78, 5) is 8.40. The second-order valence-corrected chi connectivity index (χ2v) is 4.43. The van der Waals surface area contributed by atoms with E-state index < -0.39 is 0 Å². The van der Waals surface area contributed by atoms with E-state index in [-0.39, 0.29) is 11.9 Å². The Morgan fingerprint density at radius 3 is 2.75 bits per heavy atom. The highest BCUT2D eigenvalue weighted by Gasteiger charge is 2.17. The number of methoxy groups -OCH3 is 1. The summed E-state index contributed by atoms with van der Waals surface area (Å²) >= 11 is 0. The number of ether oxygens (including phenoxy) is 1. The highest BCUT2D eigenvalue weighted by atomic mass is 19.1. The van der Waals surface area contributed by atoms with Crippen molar-refractivity contribution in [1.29, 1.82) is 0 Å². The molecule has 0 aliphatic carbocycles. The first-order valence-corrected chi connectivity index (χ1v) is 6.55. The lowest BCUT2D eigenvalue weighted by atomic mass is 9.98. The van der Waals surface area contributed by atoms with Crippen molar-refractivity contribution >= 4 is 0 Å². The molecular formula is C15H18FN3O. The summed E-state index contributed by atoms with van der Waals surface area (Å²) < 4.78 is 18.8. The van der Waals surface area contributed by atoms with E-state index in [4.69, 9.17) is 4.74 Å². The van der Waals surface area contributed by atoms with E-state index in [1.54, 1.807) is 18.5 Å². The van der Waals surface area contributed by atoms with Crippen molar-refractivity contribution in [2.24, 2.45) is 0 Å². The fraction of sp³-hybridized carbons (Fsp3) is 0.333. The first-order chi connectivity index (χ1) is 9.67. The summed E-state index contributed by atoms with van der Waals surface area (Å²) in [6, 6.07) is 4.78. The van der Waals surface area contributed by atoms with Gasteiger partial charge in [-0.05, 0) is 31.2 Å². The van der Waals surface area contributed by atoms with Gasteiger partial charge < -0.3 is 10.1 Å². The van der Waals surface area contributed by atoms with Crippen LogP contribution in [0.1, 0.15) is 25.5 Å². The van der Waals surface area contributed by atoms with E-state index in [2.05, 4.69) is 15.3 Å². The SMILES string of the molecule is CCNC(C)c1ccc(F)cc1-c1nccnc1OC. The molecular weight excluding hydrogens is 257 g/mol. The molecule has 106 valence electrons. The maximum Gasteiger partial charge on any atom is 0.240 e. The van der Waals surface area contributed by atoms with Gasteiger partial charge in [-0.2, -0.15) is 0 Å². The van der Waals surface area contributed by atoms with E-state index in [9.17, 15) is 4.39 Å². The average molecular weight is 275 g/mol. The lowest BCUT2D eigenvalue weighted by molar-refractivity contribution is 0.397. The molecule has 0 saturated heterocycles. The Balaban J connectivity index is 2.57. The number of benzene rings is 1. The summed E-state index contributed by atoms with van der Waals surface area (Å²) in [6.07, 6.45) is 3.12. The number of halogens is 1. The predicted molar refractivity (Wildman–Crippen MR) is 76.1 cm³/mol. The Kier molecular flexibility index (Phi) is 4.63. The molecule has 1 unspecified atom stereocenters. The Morgan fingerprint density at radius 2 is 2.05 bits per heavy atom. The van der Waals surface area contributed by atoms with E-state index in [0.717, 1.165) is 12.1 Å². The second-order valence-electron chi connectivity index (χ2n) is 4.43. The molecule has 4 nitrogen and oxygen atoms in total. The van der Waals surface area contributed by atoms with Gasteiger partial charge >= 0.3 is 0 Å². The fourth-order valence-electron chi connectivity index (χ4n) is 2.19. The third-order valence-electron chi connectivity index (χ3n) is 3.11. The topological polar surface area (TPSA) is 47.0 Å². The van der Waals surface area contributed by atoms with Gasteiger partial charge in [-0.3, -0.25) is 0 Å². The number of aromatic nitrogens is 2. The van der Waals surface area contributed by atoms with E-state index in [1.165, 1.54) is 19.2 Å². The molecule has 0 aliphatic heterocycles. The zero-order chi connectivity index (χ0) is 14.5. The van der Waals surface area contributed by atoms with Crippen molar-refractivity contribution in [2.75, 3.05) is 13.7 Å². The van der Waals surface area contributed by atoms with E-state index >= 15 is 0 Å². The van der Waals surface area contributed by atoms with Crippen LogP contribution in [0.15, 0.2) is 30.6 Å². The summed E-state index contributed by atoms with van der Waals surface area (Å²) in [7, 11) is 1.53. The van der Waals surface area contributed by atoms with Crippen LogP contribution in [0, 0.1) is 5.82 Å². The quantitative estimate of drug-likeness (QED) is 0.911. The van der Waals surface area contributed by atoms with Crippen molar-refractivity contribution in [1.82, 2.24) is 15.3 Å². The van der Waals surface area contributed by atoms with Crippen LogP contribution < -0.4 is 10.1 Å². The van der Waals surface area contributed by atoms with Crippen LogP contribution in [0.4, 0.5) is 4.39 Å². The van der Waals surface area contributed by atoms with Gasteiger partial charge in [-0.1, -0.05) is 13.0 Å². The molecule has 0 spiro atoms. The highest BCUT2D eigenvalue weighted by molar-refractivity contribution is 5.68. The van der Waals surface area contributed by atoms with Crippen molar-refractivity contribution in [3.05, 3.63) is 42.0 Å². The Morgan fingerprint density at radius 1 is 1.30 bits per heavy atom. The zero-order valence-corrected chi connectivity index (χ0v) is 11.9. The normalized spacial score (nSPS) is 12.2. The van der Waals surface area contributed by atoms with E-state index in [1.807, 2.05) is 13.8 Å². The van der Waals surface area contributed by atoms with Gasteiger partial charge in [-0.15, -0.1) is 0 Å². The van der Waals surface area contributed by atoms with Crippen LogP contribution in [0.25, 0.3) is 11.3 Å². The van der Waals surface area contributed by atoms with Gasteiger partial charge in [0.15, 0.2) is 0 Å². The van der Waals surface area contributed by atoms with Crippen molar-refractivity contribution in [2.45, 2.75) is 19.9 Å². The maximum atomic E-state index is 13.6.